The fourth-order valence-corrected chi connectivity index (χ4v) is 2.83. The van der Waals surface area contributed by atoms with Crippen molar-refractivity contribution in [3.8, 4) is 0 Å². The van der Waals surface area contributed by atoms with E-state index in [2.05, 4.69) is 0 Å². The Hall–Kier alpha value is -1.51. The molecule has 3 nitrogen and oxygen atoms in total. The first-order valence-corrected chi connectivity index (χ1v) is 6.19. The fraction of sp³-hybridized carbons (Fsp3) is 0.500. The van der Waals surface area contributed by atoms with Crippen LogP contribution < -0.4 is 0 Å². The molecule has 3 fully saturated rings. The van der Waals surface area contributed by atoms with Crippen molar-refractivity contribution in [2.45, 2.75) is 25.5 Å². The molecule has 0 N–H and O–H groups in total. The predicted molar refractivity (Wildman–Crippen MR) is 64.4 cm³/mol. The first-order valence-electron chi connectivity index (χ1n) is 6.19. The van der Waals surface area contributed by atoms with Gasteiger partial charge in [-0.15, -0.1) is 0 Å². The zero-order chi connectivity index (χ0) is 11.8. The van der Waals surface area contributed by atoms with E-state index >= 15 is 0 Å². The highest BCUT2D eigenvalue weighted by Gasteiger charge is 2.55. The third-order valence-electron chi connectivity index (χ3n) is 4.12. The summed E-state index contributed by atoms with van der Waals surface area (Å²) in [5.41, 5.74) is 1.04. The molecular formula is C14H17NO2. The number of hydrogen-bond acceptors (Lipinski definition) is 2. The van der Waals surface area contributed by atoms with Gasteiger partial charge in [-0.3, -0.25) is 0 Å². The fourth-order valence-electron chi connectivity index (χ4n) is 2.83. The maximum Gasteiger partial charge on any atom is 0.410 e. The molecule has 0 atom stereocenters. The van der Waals surface area contributed by atoms with Gasteiger partial charge in [0.25, 0.3) is 0 Å². The normalized spacial score (nSPS) is 28.9. The molecule has 1 aromatic carbocycles. The molecule has 90 valence electrons. The van der Waals surface area contributed by atoms with Crippen LogP contribution in [-0.2, 0) is 11.3 Å². The van der Waals surface area contributed by atoms with Crippen molar-refractivity contribution >= 4 is 6.09 Å². The summed E-state index contributed by atoms with van der Waals surface area (Å²) in [6.07, 6.45) is 2.43. The molecule has 0 heterocycles. The molecule has 0 saturated heterocycles. The van der Waals surface area contributed by atoms with Gasteiger partial charge in [-0.2, -0.15) is 0 Å². The van der Waals surface area contributed by atoms with Crippen molar-refractivity contribution in [3.05, 3.63) is 35.9 Å². The number of amides is 1. The SMILES string of the molecule is CN(C(=O)OCc1ccccc1)C1C2CC1C2. The maximum absolute atomic E-state index is 11.8. The van der Waals surface area contributed by atoms with Crippen LogP contribution in [0.5, 0.6) is 0 Å². The number of carbonyl (C=O) groups is 1. The van der Waals surface area contributed by atoms with Crippen LogP contribution in [-0.4, -0.2) is 24.1 Å². The molecule has 2 bridgehead atoms. The highest BCUT2D eigenvalue weighted by molar-refractivity contribution is 5.68. The summed E-state index contributed by atoms with van der Waals surface area (Å²) in [5.74, 6) is 1.49. The third kappa shape index (κ3) is 1.79. The summed E-state index contributed by atoms with van der Waals surface area (Å²) in [4.78, 5) is 13.6. The van der Waals surface area contributed by atoms with E-state index in [4.69, 9.17) is 4.74 Å². The van der Waals surface area contributed by atoms with E-state index in [1.165, 1.54) is 12.8 Å². The molecule has 0 unspecified atom stereocenters. The number of rotatable bonds is 3. The smallest absolute Gasteiger partial charge is 0.410 e. The van der Waals surface area contributed by atoms with E-state index in [9.17, 15) is 4.79 Å². The van der Waals surface area contributed by atoms with Crippen molar-refractivity contribution in [1.29, 1.82) is 0 Å². The maximum atomic E-state index is 11.8. The predicted octanol–water partition coefficient (Wildman–Crippen LogP) is 2.66. The van der Waals surface area contributed by atoms with Crippen LogP contribution in [0.3, 0.4) is 0 Å². The molecule has 0 spiro atoms. The van der Waals surface area contributed by atoms with Gasteiger partial charge in [0.05, 0.1) is 0 Å². The van der Waals surface area contributed by atoms with Crippen LogP contribution in [0.2, 0.25) is 0 Å². The van der Waals surface area contributed by atoms with Crippen molar-refractivity contribution in [2.75, 3.05) is 7.05 Å². The summed E-state index contributed by atoms with van der Waals surface area (Å²) >= 11 is 0. The number of carbonyl (C=O) groups excluding carboxylic acids is 1. The van der Waals surface area contributed by atoms with Crippen molar-refractivity contribution in [1.82, 2.24) is 4.90 Å². The zero-order valence-electron chi connectivity index (χ0n) is 10.0. The number of benzene rings is 1. The first kappa shape index (κ1) is 10.6. The highest BCUT2D eigenvalue weighted by atomic mass is 16.6. The molecule has 3 aliphatic carbocycles. The average molecular weight is 231 g/mol. The second kappa shape index (κ2) is 4.06. The van der Waals surface area contributed by atoms with E-state index in [1.807, 2.05) is 37.4 Å². The van der Waals surface area contributed by atoms with Gasteiger partial charge in [0.15, 0.2) is 0 Å². The van der Waals surface area contributed by atoms with Crippen LogP contribution >= 0.6 is 0 Å². The second-order valence-corrected chi connectivity index (χ2v) is 5.13. The van der Waals surface area contributed by atoms with E-state index < -0.39 is 0 Å². The van der Waals surface area contributed by atoms with E-state index in [1.54, 1.807) is 4.90 Å². The number of nitrogens with zero attached hydrogens (tertiary/aromatic N) is 1. The van der Waals surface area contributed by atoms with Crippen molar-refractivity contribution < 1.29 is 9.53 Å². The van der Waals surface area contributed by atoms with E-state index in [0.29, 0.717) is 12.6 Å². The molecule has 0 aromatic heterocycles. The molecule has 17 heavy (non-hydrogen) atoms. The van der Waals surface area contributed by atoms with Gasteiger partial charge in [-0.25, -0.2) is 4.79 Å². The summed E-state index contributed by atoms with van der Waals surface area (Å²) in [7, 11) is 1.86. The first-order chi connectivity index (χ1) is 8.25. The second-order valence-electron chi connectivity index (χ2n) is 5.13. The topological polar surface area (TPSA) is 29.5 Å². The lowest BCUT2D eigenvalue weighted by atomic mass is 9.51. The lowest BCUT2D eigenvalue weighted by Gasteiger charge is -2.60. The Bertz CT molecular complexity index is 403. The Morgan fingerprint density at radius 2 is 1.94 bits per heavy atom. The monoisotopic (exact) mass is 231 g/mol. The minimum absolute atomic E-state index is 0.187. The average Bonchev–Trinajstić information content (AvgIpc) is 2.23. The largest absolute Gasteiger partial charge is 0.445 e. The van der Waals surface area contributed by atoms with Gasteiger partial charge >= 0.3 is 6.09 Å². The van der Waals surface area contributed by atoms with E-state index in [-0.39, 0.29) is 6.09 Å². The lowest BCUT2D eigenvalue weighted by molar-refractivity contribution is -0.0973. The Balaban J connectivity index is 1.50. The summed E-state index contributed by atoms with van der Waals surface area (Å²) in [6.45, 7) is 0.367. The lowest BCUT2D eigenvalue weighted by Crippen LogP contribution is -2.63. The van der Waals surface area contributed by atoms with Gasteiger partial charge in [0, 0.05) is 13.1 Å². The van der Waals surface area contributed by atoms with Crippen molar-refractivity contribution in [3.63, 3.8) is 0 Å². The Kier molecular flexibility index (Phi) is 2.54. The molecule has 3 heteroatoms. The van der Waals surface area contributed by atoms with Gasteiger partial charge in [-0.05, 0) is 30.2 Å². The van der Waals surface area contributed by atoms with Crippen LogP contribution in [0.25, 0.3) is 0 Å². The standard InChI is InChI=1S/C14H17NO2/c1-15(13-11-7-12(13)8-11)14(16)17-9-10-5-3-2-4-6-10/h2-6,11-13H,7-9H2,1H3. The molecule has 0 radical (unpaired) electrons. The van der Waals surface area contributed by atoms with Crippen LogP contribution in [0.4, 0.5) is 4.79 Å². The number of ether oxygens (including phenoxy) is 1. The molecular weight excluding hydrogens is 214 g/mol. The molecule has 3 aliphatic rings. The minimum atomic E-state index is -0.187. The van der Waals surface area contributed by atoms with Crippen LogP contribution in [0.15, 0.2) is 30.3 Å². The van der Waals surface area contributed by atoms with Crippen molar-refractivity contribution in [2.24, 2.45) is 11.8 Å². The Morgan fingerprint density at radius 3 is 2.47 bits per heavy atom. The van der Waals surface area contributed by atoms with E-state index in [0.717, 1.165) is 17.4 Å². The summed E-state index contributed by atoms with van der Waals surface area (Å²) in [6, 6.07) is 10.3. The third-order valence-corrected chi connectivity index (χ3v) is 4.12. The van der Waals surface area contributed by atoms with Gasteiger partial charge in [0.2, 0.25) is 0 Å². The quantitative estimate of drug-likeness (QED) is 0.800. The highest BCUT2D eigenvalue weighted by Crippen LogP contribution is 2.55. The van der Waals surface area contributed by atoms with Gasteiger partial charge in [0.1, 0.15) is 6.61 Å². The number of hydrogen-bond donors (Lipinski definition) is 0. The molecule has 1 amide bonds. The van der Waals surface area contributed by atoms with Crippen LogP contribution in [0.1, 0.15) is 18.4 Å². The van der Waals surface area contributed by atoms with Gasteiger partial charge in [-0.1, -0.05) is 30.3 Å². The minimum Gasteiger partial charge on any atom is -0.445 e. The summed E-state index contributed by atoms with van der Waals surface area (Å²) < 4.78 is 5.30. The summed E-state index contributed by atoms with van der Waals surface area (Å²) in [5, 5.41) is 0. The van der Waals surface area contributed by atoms with Gasteiger partial charge < -0.3 is 9.64 Å². The molecule has 4 rings (SSSR count). The Morgan fingerprint density at radius 1 is 1.29 bits per heavy atom. The molecule has 1 aromatic rings. The molecule has 0 aliphatic heterocycles. The van der Waals surface area contributed by atoms with Crippen LogP contribution in [0, 0.1) is 11.8 Å². The molecule has 3 saturated carbocycles. The Labute approximate surface area is 101 Å². The zero-order valence-corrected chi connectivity index (χ0v) is 10.0.